The summed E-state index contributed by atoms with van der Waals surface area (Å²) in [6.45, 7) is 4.01. The van der Waals surface area contributed by atoms with Gasteiger partial charge >= 0.3 is 30.0 Å². The van der Waals surface area contributed by atoms with Crippen LogP contribution in [0.3, 0.4) is 0 Å². The van der Waals surface area contributed by atoms with Crippen molar-refractivity contribution in [3.8, 4) is 0 Å². The van der Waals surface area contributed by atoms with Crippen LogP contribution in [-0.2, 0) is 16.3 Å². The molecule has 0 radical (unpaired) electrons. The maximum atomic E-state index is 3.86. The molecule has 1 heterocycles. The summed E-state index contributed by atoms with van der Waals surface area (Å²) in [5.74, 6) is 0. The van der Waals surface area contributed by atoms with E-state index in [4.69, 9.17) is 0 Å². The molecule has 0 aliphatic rings. The van der Waals surface area contributed by atoms with Crippen LogP contribution in [0.2, 0.25) is 0 Å². The number of aryl methyl sites for hydroxylation is 2. The summed E-state index contributed by atoms with van der Waals surface area (Å²) in [6, 6.07) is 2.05. The monoisotopic (exact) mass is 249 g/mol. The summed E-state index contributed by atoms with van der Waals surface area (Å²) < 4.78 is 0. The fourth-order valence-electron chi connectivity index (χ4n) is 0.647. The normalized spacial score (nSPS) is 8.10. The summed E-state index contributed by atoms with van der Waals surface area (Å²) in [5, 5.41) is 0. The molecule has 0 spiro atoms. The van der Waals surface area contributed by atoms with E-state index < -0.39 is 0 Å². The summed E-state index contributed by atoms with van der Waals surface area (Å²) in [4.78, 5) is 3.86. The Morgan fingerprint density at radius 3 is 2.40 bits per heavy atom. The molecule has 3 heteroatoms. The Hall–Kier alpha value is 0.253. The van der Waals surface area contributed by atoms with Gasteiger partial charge in [-0.25, -0.2) is 0 Å². The Morgan fingerprint density at radius 1 is 1.50 bits per heavy atom. The van der Waals surface area contributed by atoms with E-state index in [0.29, 0.717) is 0 Å². The fraction of sp³-hybridized carbons (Fsp3) is 0.286. The van der Waals surface area contributed by atoms with Crippen LogP contribution in [-0.4, -0.2) is 4.98 Å². The first kappa shape index (κ1) is 10.3. The van der Waals surface area contributed by atoms with Gasteiger partial charge in [0.15, 0.2) is 0 Å². The minimum atomic E-state index is 1.10. The molecular weight excluding hydrogens is 243 g/mol. The molecular formula is C7H8BrNZn. The van der Waals surface area contributed by atoms with Gasteiger partial charge < -0.3 is 4.98 Å². The second-order valence-corrected chi connectivity index (χ2v) is 1.94. The first-order valence-electron chi connectivity index (χ1n) is 2.87. The zero-order chi connectivity index (χ0) is 7.98. The SMILES string of the molecule is Cc1[c-]ncc(C)c1.[Zn+][Br]. The molecule has 1 aromatic heterocycles. The van der Waals surface area contributed by atoms with Crippen LogP contribution in [0.15, 0.2) is 12.3 Å². The van der Waals surface area contributed by atoms with Gasteiger partial charge in [0.1, 0.15) is 0 Å². The van der Waals surface area contributed by atoms with E-state index in [1.807, 2.05) is 19.9 Å². The molecule has 1 aromatic rings. The third-order valence-corrected chi connectivity index (χ3v) is 0.953. The van der Waals surface area contributed by atoms with Crippen molar-refractivity contribution in [3.63, 3.8) is 0 Å². The van der Waals surface area contributed by atoms with Crippen LogP contribution in [0.4, 0.5) is 0 Å². The molecule has 0 aliphatic carbocycles. The van der Waals surface area contributed by atoms with E-state index >= 15 is 0 Å². The molecule has 0 unspecified atom stereocenters. The summed E-state index contributed by atoms with van der Waals surface area (Å²) in [6.07, 6.45) is 4.62. The topological polar surface area (TPSA) is 12.9 Å². The van der Waals surface area contributed by atoms with E-state index in [-0.39, 0.29) is 0 Å². The van der Waals surface area contributed by atoms with Crippen molar-refractivity contribution in [1.29, 1.82) is 0 Å². The molecule has 0 N–H and O–H groups in total. The molecule has 1 nitrogen and oxygen atoms in total. The zero-order valence-electron chi connectivity index (χ0n) is 6.19. The van der Waals surface area contributed by atoms with E-state index in [1.165, 1.54) is 21.9 Å². The number of hydrogen-bond acceptors (Lipinski definition) is 1. The number of pyridine rings is 1. The molecule has 0 aliphatic heterocycles. The number of aromatic nitrogens is 1. The quantitative estimate of drug-likeness (QED) is 0.509. The Kier molecular flexibility index (Phi) is 6.15. The molecule has 1 rings (SSSR count). The van der Waals surface area contributed by atoms with Gasteiger partial charge in [-0.05, 0) is 0 Å². The molecule has 0 saturated heterocycles. The van der Waals surface area contributed by atoms with E-state index in [9.17, 15) is 0 Å². The average Bonchev–Trinajstić information content (AvgIpc) is 1.91. The van der Waals surface area contributed by atoms with Crippen LogP contribution in [0.1, 0.15) is 11.1 Å². The van der Waals surface area contributed by atoms with Gasteiger partial charge in [-0.15, -0.1) is 11.1 Å². The average molecular weight is 251 g/mol. The first-order valence-corrected chi connectivity index (χ1v) is 9.81. The van der Waals surface area contributed by atoms with Gasteiger partial charge in [0.05, 0.1) is 0 Å². The summed E-state index contributed by atoms with van der Waals surface area (Å²) >= 11 is 4.25. The second-order valence-electron chi connectivity index (χ2n) is 1.94. The van der Waals surface area contributed by atoms with Crippen LogP contribution in [0.5, 0.6) is 0 Å². The Bertz CT molecular complexity index is 173. The predicted octanol–water partition coefficient (Wildman–Crippen LogP) is 2.34. The minimum absolute atomic E-state index is 1.10. The van der Waals surface area contributed by atoms with Gasteiger partial charge in [0.2, 0.25) is 0 Å². The zero-order valence-corrected chi connectivity index (χ0v) is 10.7. The summed E-state index contributed by atoms with van der Waals surface area (Å²) in [5.41, 5.74) is 2.30. The fourth-order valence-corrected chi connectivity index (χ4v) is 0.647. The molecule has 0 amide bonds. The second kappa shape index (κ2) is 6.00. The van der Waals surface area contributed by atoms with Gasteiger partial charge in [0, 0.05) is 0 Å². The van der Waals surface area contributed by atoms with Crippen molar-refractivity contribution >= 4 is 13.6 Å². The van der Waals surface area contributed by atoms with Crippen molar-refractivity contribution < 1.29 is 16.3 Å². The molecule has 10 heavy (non-hydrogen) atoms. The van der Waals surface area contributed by atoms with Crippen molar-refractivity contribution in [3.05, 3.63) is 29.6 Å². The third kappa shape index (κ3) is 4.13. The molecule has 0 atom stereocenters. The van der Waals surface area contributed by atoms with Crippen molar-refractivity contribution in [1.82, 2.24) is 4.98 Å². The molecule has 0 fully saturated rings. The van der Waals surface area contributed by atoms with Crippen LogP contribution < -0.4 is 0 Å². The predicted molar refractivity (Wildman–Crippen MR) is 41.5 cm³/mol. The molecule has 0 bridgehead atoms. The maximum absolute atomic E-state index is 3.86. The number of rotatable bonds is 0. The molecule has 0 aromatic carbocycles. The Labute approximate surface area is 78.3 Å². The summed E-state index contributed by atoms with van der Waals surface area (Å²) in [7, 11) is 0. The van der Waals surface area contributed by atoms with Gasteiger partial charge in [-0.1, -0.05) is 26.2 Å². The van der Waals surface area contributed by atoms with Crippen LogP contribution >= 0.6 is 13.6 Å². The van der Waals surface area contributed by atoms with Crippen molar-refractivity contribution in [2.24, 2.45) is 0 Å². The van der Waals surface area contributed by atoms with Gasteiger partial charge in [-0.2, -0.15) is 6.07 Å². The van der Waals surface area contributed by atoms with Crippen molar-refractivity contribution in [2.45, 2.75) is 13.8 Å². The Morgan fingerprint density at radius 2 is 2.10 bits per heavy atom. The first-order chi connectivity index (χ1) is 4.79. The van der Waals surface area contributed by atoms with Crippen molar-refractivity contribution in [2.75, 3.05) is 0 Å². The molecule has 0 saturated carbocycles. The standard InChI is InChI=1S/C7H8N.BrH.Zn/c1-6-3-7(2)5-8-4-6;;/h3-4H,1-2H3;1H;/q-1;;+2/p-1. The van der Waals surface area contributed by atoms with Crippen LogP contribution in [0.25, 0.3) is 0 Å². The van der Waals surface area contributed by atoms with E-state index in [0.717, 1.165) is 5.56 Å². The number of hydrogen-bond donors (Lipinski definition) is 0. The van der Waals surface area contributed by atoms with Gasteiger partial charge in [-0.3, -0.25) is 0 Å². The molecule has 50 valence electrons. The van der Waals surface area contributed by atoms with E-state index in [2.05, 4.69) is 24.8 Å². The third-order valence-electron chi connectivity index (χ3n) is 0.953. The van der Waals surface area contributed by atoms with E-state index in [1.54, 1.807) is 6.20 Å². The number of halogens is 1. The van der Waals surface area contributed by atoms with Crippen LogP contribution in [0, 0.1) is 20.0 Å². The number of nitrogens with zero attached hydrogens (tertiary/aromatic N) is 1. The van der Waals surface area contributed by atoms with Gasteiger partial charge in [0.25, 0.3) is 0 Å². The Balaban J connectivity index is 0.000000371.